The van der Waals surface area contributed by atoms with Crippen molar-refractivity contribution in [2.45, 2.75) is 30.6 Å². The second-order valence-electron chi connectivity index (χ2n) is 4.63. The van der Waals surface area contributed by atoms with Gasteiger partial charge in [-0.1, -0.05) is 12.8 Å². The van der Waals surface area contributed by atoms with Crippen molar-refractivity contribution in [1.82, 2.24) is 0 Å². The van der Waals surface area contributed by atoms with Gasteiger partial charge in [0, 0.05) is 12.2 Å². The highest BCUT2D eigenvalue weighted by atomic mass is 32.2. The molecular weight excluding hydrogens is 294 g/mol. The Morgan fingerprint density at radius 1 is 1.20 bits per heavy atom. The van der Waals surface area contributed by atoms with Gasteiger partial charge in [-0.3, -0.25) is 0 Å². The van der Waals surface area contributed by atoms with Crippen molar-refractivity contribution < 1.29 is 8.42 Å². The zero-order valence-corrected chi connectivity index (χ0v) is 13.4. The van der Waals surface area contributed by atoms with E-state index in [2.05, 4.69) is 11.6 Å². The number of hydrogen-bond acceptors (Lipinski definition) is 5. The molecule has 0 saturated carbocycles. The van der Waals surface area contributed by atoms with E-state index in [9.17, 15) is 8.42 Å². The molecule has 1 aromatic rings. The molecule has 0 saturated heterocycles. The molecule has 0 heterocycles. The Kier molecular flexibility index (Phi) is 7.18. The third-order valence-corrected chi connectivity index (χ3v) is 4.55. The first-order valence-electron chi connectivity index (χ1n) is 6.60. The molecular formula is C13H23N3O2S2. The summed E-state index contributed by atoms with van der Waals surface area (Å²) in [7, 11) is -3.76. The van der Waals surface area contributed by atoms with Crippen LogP contribution in [-0.2, 0) is 10.0 Å². The maximum absolute atomic E-state index is 11.5. The molecule has 5 nitrogen and oxygen atoms in total. The highest BCUT2D eigenvalue weighted by molar-refractivity contribution is 7.98. The largest absolute Gasteiger partial charge is 0.399 e. The summed E-state index contributed by atoms with van der Waals surface area (Å²) in [4.78, 5) is 0.0554. The van der Waals surface area contributed by atoms with Crippen molar-refractivity contribution in [2.24, 2.45) is 5.14 Å². The van der Waals surface area contributed by atoms with Gasteiger partial charge in [0.2, 0.25) is 10.0 Å². The number of unbranched alkanes of at least 4 members (excludes halogenated alkanes) is 3. The summed E-state index contributed by atoms with van der Waals surface area (Å²) in [6.45, 7) is 0.728. The van der Waals surface area contributed by atoms with Crippen LogP contribution in [0.5, 0.6) is 0 Å². The second-order valence-corrected chi connectivity index (χ2v) is 7.15. The van der Waals surface area contributed by atoms with Crippen LogP contribution < -0.4 is 16.2 Å². The van der Waals surface area contributed by atoms with Gasteiger partial charge in [0.25, 0.3) is 0 Å². The molecule has 0 spiro atoms. The first kappa shape index (κ1) is 17.1. The summed E-state index contributed by atoms with van der Waals surface area (Å²) in [5.74, 6) is 1.20. The third-order valence-electron chi connectivity index (χ3n) is 2.90. The predicted octanol–water partition coefficient (Wildman–Crippen LogP) is 2.25. The number of anilines is 2. The molecule has 0 radical (unpaired) electrons. The lowest BCUT2D eigenvalue weighted by atomic mass is 10.2. The predicted molar refractivity (Wildman–Crippen MR) is 87.6 cm³/mol. The number of sulfonamides is 1. The maximum Gasteiger partial charge on any atom is 0.240 e. The molecule has 5 N–H and O–H groups in total. The zero-order chi connectivity index (χ0) is 15.0. The van der Waals surface area contributed by atoms with Crippen LogP contribution in [0.15, 0.2) is 23.1 Å². The topological polar surface area (TPSA) is 98.2 Å². The fraction of sp³-hybridized carbons (Fsp3) is 0.538. The Bertz CT molecular complexity index is 518. The molecule has 1 rings (SSSR count). The summed E-state index contributed by atoms with van der Waals surface area (Å²) in [6.07, 6.45) is 6.67. The highest BCUT2D eigenvalue weighted by Crippen LogP contribution is 2.22. The standard InChI is InChI=1S/C13H23N3O2S2/c1-19-9-5-3-2-4-8-16-12-7-6-11(14)10-13(12)20(15,17)18/h6-7,10,16H,2-5,8-9,14H2,1H3,(H2,15,17,18). The number of hydrogen-bond donors (Lipinski definition) is 3. The van der Waals surface area contributed by atoms with Gasteiger partial charge in [-0.05, 0) is 43.0 Å². The number of nitrogens with two attached hydrogens (primary N) is 2. The van der Waals surface area contributed by atoms with E-state index in [0.29, 0.717) is 11.4 Å². The van der Waals surface area contributed by atoms with Gasteiger partial charge < -0.3 is 11.1 Å². The van der Waals surface area contributed by atoms with E-state index >= 15 is 0 Å². The molecule has 114 valence electrons. The molecule has 0 aromatic heterocycles. The van der Waals surface area contributed by atoms with Gasteiger partial charge in [-0.15, -0.1) is 0 Å². The van der Waals surface area contributed by atoms with Crippen molar-refractivity contribution in [3.05, 3.63) is 18.2 Å². The maximum atomic E-state index is 11.5. The van der Waals surface area contributed by atoms with Gasteiger partial charge in [0.15, 0.2) is 0 Å². The highest BCUT2D eigenvalue weighted by Gasteiger charge is 2.13. The molecule has 0 aliphatic heterocycles. The van der Waals surface area contributed by atoms with E-state index in [-0.39, 0.29) is 4.90 Å². The smallest absolute Gasteiger partial charge is 0.240 e. The number of benzene rings is 1. The summed E-state index contributed by atoms with van der Waals surface area (Å²) < 4.78 is 23.0. The molecule has 1 aromatic carbocycles. The van der Waals surface area contributed by atoms with Crippen molar-refractivity contribution in [1.29, 1.82) is 0 Å². The number of nitrogens with one attached hydrogen (secondary N) is 1. The number of nitrogen functional groups attached to an aromatic ring is 1. The summed E-state index contributed by atoms with van der Waals surface area (Å²) in [6, 6.07) is 4.70. The number of primary sulfonamides is 1. The molecule has 0 fully saturated rings. The van der Waals surface area contributed by atoms with Crippen molar-refractivity contribution in [2.75, 3.05) is 29.6 Å². The van der Waals surface area contributed by atoms with Crippen LogP contribution in [0.2, 0.25) is 0 Å². The number of thioether (sulfide) groups is 1. The van der Waals surface area contributed by atoms with Crippen molar-refractivity contribution in [3.63, 3.8) is 0 Å². The Morgan fingerprint density at radius 2 is 1.90 bits per heavy atom. The minimum absolute atomic E-state index is 0.0554. The van der Waals surface area contributed by atoms with Crippen molar-refractivity contribution in [3.8, 4) is 0 Å². The molecule has 0 aliphatic rings. The lowest BCUT2D eigenvalue weighted by Gasteiger charge is -2.11. The lowest BCUT2D eigenvalue weighted by molar-refractivity contribution is 0.598. The van der Waals surface area contributed by atoms with E-state index in [4.69, 9.17) is 10.9 Å². The van der Waals surface area contributed by atoms with Crippen LogP contribution in [0.3, 0.4) is 0 Å². The van der Waals surface area contributed by atoms with Crippen LogP contribution in [0.25, 0.3) is 0 Å². The van der Waals surface area contributed by atoms with Gasteiger partial charge in [0.1, 0.15) is 4.90 Å². The summed E-state index contributed by atoms with van der Waals surface area (Å²) >= 11 is 1.86. The Morgan fingerprint density at radius 3 is 2.55 bits per heavy atom. The van der Waals surface area contributed by atoms with Crippen LogP contribution in [0.4, 0.5) is 11.4 Å². The average Bonchev–Trinajstić information content (AvgIpc) is 2.38. The molecule has 0 atom stereocenters. The molecule has 7 heteroatoms. The molecule has 0 aliphatic carbocycles. The van der Waals surface area contributed by atoms with Crippen molar-refractivity contribution >= 4 is 33.2 Å². The summed E-state index contributed by atoms with van der Waals surface area (Å²) in [5.41, 5.74) is 6.50. The molecule has 0 amide bonds. The van der Waals surface area contributed by atoms with Gasteiger partial charge in [0.05, 0.1) is 5.69 Å². The average molecular weight is 317 g/mol. The Balaban J connectivity index is 2.48. The Hall–Kier alpha value is -0.920. The first-order chi connectivity index (χ1) is 9.45. The van der Waals surface area contributed by atoms with Crippen LogP contribution in [-0.4, -0.2) is 27.0 Å². The van der Waals surface area contributed by atoms with E-state index in [1.807, 2.05) is 11.8 Å². The molecule has 0 bridgehead atoms. The Labute approximate surface area is 125 Å². The van der Waals surface area contributed by atoms with Gasteiger partial charge >= 0.3 is 0 Å². The minimum atomic E-state index is -3.76. The van der Waals surface area contributed by atoms with Crippen LogP contribution in [0, 0.1) is 0 Å². The fourth-order valence-electron chi connectivity index (χ4n) is 1.87. The number of rotatable bonds is 9. The second kappa shape index (κ2) is 8.39. The van der Waals surface area contributed by atoms with Gasteiger partial charge in [-0.2, -0.15) is 11.8 Å². The van der Waals surface area contributed by atoms with Gasteiger partial charge in [-0.25, -0.2) is 13.6 Å². The van der Waals surface area contributed by atoms with E-state index in [1.165, 1.54) is 24.7 Å². The van der Waals surface area contributed by atoms with E-state index in [1.54, 1.807) is 12.1 Å². The normalized spacial score (nSPS) is 11.5. The molecule has 20 heavy (non-hydrogen) atoms. The zero-order valence-electron chi connectivity index (χ0n) is 11.8. The fourth-order valence-corrected chi connectivity index (χ4v) is 3.11. The van der Waals surface area contributed by atoms with Crippen LogP contribution in [0.1, 0.15) is 25.7 Å². The summed E-state index contributed by atoms with van der Waals surface area (Å²) in [5, 5.41) is 8.30. The quantitative estimate of drug-likeness (QED) is 0.479. The third kappa shape index (κ3) is 6.02. The first-order valence-corrected chi connectivity index (χ1v) is 9.54. The van der Waals surface area contributed by atoms with E-state index < -0.39 is 10.0 Å². The lowest BCUT2D eigenvalue weighted by Crippen LogP contribution is -2.16. The molecule has 0 unspecified atom stereocenters. The minimum Gasteiger partial charge on any atom is -0.399 e. The van der Waals surface area contributed by atoms with Crippen LogP contribution >= 0.6 is 11.8 Å². The van der Waals surface area contributed by atoms with E-state index in [0.717, 1.165) is 19.4 Å². The SMILES string of the molecule is CSCCCCCCNc1ccc(N)cc1S(N)(=O)=O. The monoisotopic (exact) mass is 317 g/mol.